The fourth-order valence-electron chi connectivity index (χ4n) is 1.68. The predicted molar refractivity (Wildman–Crippen MR) is 88.2 cm³/mol. The lowest BCUT2D eigenvalue weighted by Crippen LogP contribution is -2.42. The number of aryl methyl sites for hydroxylation is 1. The first-order chi connectivity index (χ1) is 10.1. The molecule has 6 nitrogen and oxygen atoms in total. The minimum absolute atomic E-state index is 0. The largest absolute Gasteiger partial charge is 0.488 e. The number of ether oxygens (including phenoxy) is 1. The van der Waals surface area contributed by atoms with Gasteiger partial charge in [-0.05, 0) is 25.0 Å². The van der Waals surface area contributed by atoms with Crippen molar-refractivity contribution in [3.05, 3.63) is 29.8 Å². The molecule has 0 aliphatic rings. The molecule has 0 fully saturated rings. The van der Waals surface area contributed by atoms with Crippen molar-refractivity contribution in [2.75, 3.05) is 19.6 Å². The normalized spacial score (nSPS) is 11.0. The quantitative estimate of drug-likeness (QED) is 0.656. The molecule has 1 rings (SSSR count). The first-order valence-electron chi connectivity index (χ1n) is 7.02. The Bertz CT molecular complexity index is 483. The molecular weight excluding hydrogens is 306 g/mol. The van der Waals surface area contributed by atoms with E-state index < -0.39 is 0 Å². The highest BCUT2D eigenvalue weighted by Gasteiger charge is 2.11. The lowest BCUT2D eigenvalue weighted by atomic mass is 10.2. The van der Waals surface area contributed by atoms with Crippen LogP contribution in [0.4, 0.5) is 0 Å². The molecule has 0 radical (unpaired) electrons. The first-order valence-corrected chi connectivity index (χ1v) is 7.02. The van der Waals surface area contributed by atoms with Crippen molar-refractivity contribution in [2.45, 2.75) is 26.4 Å². The minimum atomic E-state index is -0.353. The van der Waals surface area contributed by atoms with E-state index in [0.29, 0.717) is 6.54 Å². The lowest BCUT2D eigenvalue weighted by molar-refractivity contribution is -0.125. The summed E-state index contributed by atoms with van der Waals surface area (Å²) in [4.78, 5) is 22.5. The fourth-order valence-corrected chi connectivity index (χ4v) is 1.68. The number of benzene rings is 1. The number of halogens is 1. The SMILES string of the molecule is CCC(CNC(=O)CNC(=O)CN)Oc1ccccc1C.Cl. The van der Waals surface area contributed by atoms with Crippen molar-refractivity contribution in [1.82, 2.24) is 10.6 Å². The Kier molecular flexibility index (Phi) is 9.98. The van der Waals surface area contributed by atoms with Gasteiger partial charge in [0.15, 0.2) is 0 Å². The molecule has 0 saturated heterocycles. The summed E-state index contributed by atoms with van der Waals surface area (Å²) in [5, 5.41) is 5.15. The van der Waals surface area contributed by atoms with Crippen LogP contribution < -0.4 is 21.1 Å². The van der Waals surface area contributed by atoms with Crippen molar-refractivity contribution in [3.63, 3.8) is 0 Å². The zero-order valence-electron chi connectivity index (χ0n) is 12.9. The van der Waals surface area contributed by atoms with E-state index >= 15 is 0 Å². The first kappa shape index (κ1) is 20.2. The second-order valence-electron chi connectivity index (χ2n) is 4.70. The van der Waals surface area contributed by atoms with E-state index in [2.05, 4.69) is 10.6 Å². The van der Waals surface area contributed by atoms with Gasteiger partial charge in [-0.25, -0.2) is 0 Å². The van der Waals surface area contributed by atoms with E-state index in [4.69, 9.17) is 10.5 Å². The van der Waals surface area contributed by atoms with Gasteiger partial charge in [0, 0.05) is 0 Å². The maximum Gasteiger partial charge on any atom is 0.239 e. The van der Waals surface area contributed by atoms with Crippen LogP contribution in [0.5, 0.6) is 5.75 Å². The van der Waals surface area contributed by atoms with Crippen LogP contribution >= 0.6 is 12.4 Å². The lowest BCUT2D eigenvalue weighted by Gasteiger charge is -2.19. The number of hydrogen-bond acceptors (Lipinski definition) is 4. The highest BCUT2D eigenvalue weighted by atomic mass is 35.5. The third kappa shape index (κ3) is 7.28. The van der Waals surface area contributed by atoms with Crippen LogP contribution in [0.15, 0.2) is 24.3 Å². The van der Waals surface area contributed by atoms with E-state index in [1.807, 2.05) is 38.1 Å². The van der Waals surface area contributed by atoms with Gasteiger partial charge in [-0.2, -0.15) is 0 Å². The van der Waals surface area contributed by atoms with Gasteiger partial charge in [0.1, 0.15) is 11.9 Å². The second kappa shape index (κ2) is 10.9. The average molecular weight is 330 g/mol. The predicted octanol–water partition coefficient (Wildman–Crippen LogP) is 0.765. The highest BCUT2D eigenvalue weighted by molar-refractivity contribution is 5.85. The summed E-state index contributed by atoms with van der Waals surface area (Å²) in [5.74, 6) is 0.201. The van der Waals surface area contributed by atoms with Crippen LogP contribution in [0.2, 0.25) is 0 Å². The van der Waals surface area contributed by atoms with Crippen molar-refractivity contribution in [1.29, 1.82) is 0 Å². The zero-order valence-corrected chi connectivity index (χ0v) is 13.7. The van der Waals surface area contributed by atoms with Crippen molar-refractivity contribution in [2.24, 2.45) is 5.73 Å². The van der Waals surface area contributed by atoms with Crippen molar-refractivity contribution < 1.29 is 14.3 Å². The summed E-state index contributed by atoms with van der Waals surface area (Å²) >= 11 is 0. The number of carbonyl (C=O) groups is 2. The Balaban J connectivity index is 0.00000441. The standard InChI is InChI=1S/C15H23N3O3.ClH/c1-3-12(21-13-7-5-4-6-11(13)2)9-17-15(20)10-18-14(19)8-16;/h4-7,12H,3,8-10,16H2,1-2H3,(H,17,20)(H,18,19);1H. The van der Waals surface area contributed by atoms with Crippen LogP contribution in [0, 0.1) is 6.92 Å². The summed E-state index contributed by atoms with van der Waals surface area (Å²) in [7, 11) is 0. The fraction of sp³-hybridized carbons (Fsp3) is 0.467. The van der Waals surface area contributed by atoms with Crippen LogP contribution in [0.25, 0.3) is 0 Å². The Hall–Kier alpha value is -1.79. The molecule has 1 atom stereocenters. The minimum Gasteiger partial charge on any atom is -0.488 e. The van der Waals surface area contributed by atoms with Crippen LogP contribution in [0.1, 0.15) is 18.9 Å². The highest BCUT2D eigenvalue weighted by Crippen LogP contribution is 2.18. The monoisotopic (exact) mass is 329 g/mol. The number of carbonyl (C=O) groups excluding carboxylic acids is 2. The third-order valence-corrected chi connectivity index (χ3v) is 3.00. The molecule has 0 aliphatic carbocycles. The molecule has 0 aliphatic heterocycles. The van der Waals surface area contributed by atoms with Crippen molar-refractivity contribution in [3.8, 4) is 5.75 Å². The van der Waals surface area contributed by atoms with Gasteiger partial charge < -0.3 is 21.1 Å². The summed E-state index contributed by atoms with van der Waals surface area (Å²) in [6.45, 7) is 4.16. The van der Waals surface area contributed by atoms with Gasteiger partial charge in [-0.1, -0.05) is 25.1 Å². The number of rotatable bonds is 8. The van der Waals surface area contributed by atoms with Crippen LogP contribution in [-0.2, 0) is 9.59 Å². The molecular formula is C15H24ClN3O3. The Morgan fingerprint density at radius 3 is 2.50 bits per heavy atom. The number of hydrogen-bond donors (Lipinski definition) is 3. The van der Waals surface area contributed by atoms with E-state index in [-0.39, 0.29) is 43.4 Å². The molecule has 1 unspecified atom stereocenters. The molecule has 0 spiro atoms. The molecule has 7 heteroatoms. The third-order valence-electron chi connectivity index (χ3n) is 3.00. The number of nitrogens with two attached hydrogens (primary N) is 1. The molecule has 4 N–H and O–H groups in total. The van der Waals surface area contributed by atoms with Crippen LogP contribution in [-0.4, -0.2) is 37.6 Å². The molecule has 0 saturated carbocycles. The van der Waals surface area contributed by atoms with E-state index in [0.717, 1.165) is 17.7 Å². The molecule has 0 aromatic heterocycles. The van der Waals surface area contributed by atoms with Gasteiger partial charge in [-0.15, -0.1) is 12.4 Å². The Morgan fingerprint density at radius 2 is 1.91 bits per heavy atom. The van der Waals surface area contributed by atoms with Gasteiger partial charge in [0.2, 0.25) is 11.8 Å². The number of amides is 2. The summed E-state index contributed by atoms with van der Waals surface area (Å²) in [6.07, 6.45) is 0.657. The molecule has 0 bridgehead atoms. The molecule has 1 aromatic rings. The Labute approximate surface area is 137 Å². The molecule has 22 heavy (non-hydrogen) atoms. The summed E-state index contributed by atoms with van der Waals surface area (Å²) in [6, 6.07) is 7.74. The van der Waals surface area contributed by atoms with Gasteiger partial charge in [-0.3, -0.25) is 9.59 Å². The Morgan fingerprint density at radius 1 is 1.23 bits per heavy atom. The molecule has 124 valence electrons. The molecule has 0 heterocycles. The summed E-state index contributed by atoms with van der Waals surface area (Å²) in [5.41, 5.74) is 6.19. The topological polar surface area (TPSA) is 93.5 Å². The smallest absolute Gasteiger partial charge is 0.239 e. The maximum atomic E-state index is 11.6. The van der Waals surface area contributed by atoms with Gasteiger partial charge in [0.25, 0.3) is 0 Å². The van der Waals surface area contributed by atoms with E-state index in [1.54, 1.807) is 0 Å². The van der Waals surface area contributed by atoms with Gasteiger partial charge >= 0.3 is 0 Å². The van der Waals surface area contributed by atoms with Gasteiger partial charge in [0.05, 0.1) is 19.6 Å². The molecule has 1 aromatic carbocycles. The van der Waals surface area contributed by atoms with E-state index in [9.17, 15) is 9.59 Å². The molecule has 2 amide bonds. The number of para-hydroxylation sites is 1. The van der Waals surface area contributed by atoms with E-state index in [1.165, 1.54) is 0 Å². The number of nitrogens with one attached hydrogen (secondary N) is 2. The van der Waals surface area contributed by atoms with Crippen molar-refractivity contribution >= 4 is 24.2 Å². The maximum absolute atomic E-state index is 11.6. The zero-order chi connectivity index (χ0) is 15.7. The average Bonchev–Trinajstić information content (AvgIpc) is 2.50. The van der Waals surface area contributed by atoms with Crippen LogP contribution in [0.3, 0.4) is 0 Å². The second-order valence-corrected chi connectivity index (χ2v) is 4.70. The summed E-state index contributed by atoms with van der Waals surface area (Å²) < 4.78 is 5.87.